The first-order valence-electron chi connectivity index (χ1n) is 5.96. The quantitative estimate of drug-likeness (QED) is 0.878. The van der Waals surface area contributed by atoms with E-state index in [1.807, 2.05) is 18.2 Å². The molecule has 2 rings (SSSR count). The van der Waals surface area contributed by atoms with Gasteiger partial charge in [0.2, 0.25) is 0 Å². The minimum atomic E-state index is 0.436. The number of benzene rings is 1. The van der Waals surface area contributed by atoms with E-state index in [1.165, 1.54) is 0 Å². The summed E-state index contributed by atoms with van der Waals surface area (Å²) < 4.78 is 5.43. The van der Waals surface area contributed by atoms with Crippen LogP contribution < -0.4 is 15.0 Å². The van der Waals surface area contributed by atoms with E-state index in [2.05, 4.69) is 24.1 Å². The molecule has 2 unspecified atom stereocenters. The van der Waals surface area contributed by atoms with Crippen molar-refractivity contribution in [3.63, 3.8) is 0 Å². The van der Waals surface area contributed by atoms with Crippen molar-refractivity contribution in [1.29, 1.82) is 0 Å². The van der Waals surface area contributed by atoms with Crippen molar-refractivity contribution in [1.82, 2.24) is 5.32 Å². The molecule has 0 saturated carbocycles. The maximum atomic E-state index is 6.09. The molecule has 0 aliphatic carbocycles. The van der Waals surface area contributed by atoms with Crippen LogP contribution in [0.15, 0.2) is 18.2 Å². The van der Waals surface area contributed by atoms with Crippen LogP contribution in [0.25, 0.3) is 0 Å². The van der Waals surface area contributed by atoms with Crippen molar-refractivity contribution in [2.45, 2.75) is 25.9 Å². The lowest BCUT2D eigenvalue weighted by atomic mass is 10.1. The van der Waals surface area contributed by atoms with Gasteiger partial charge in [0, 0.05) is 30.2 Å². The normalized spacial score (nSPS) is 24.8. The maximum Gasteiger partial charge on any atom is 0.142 e. The molecule has 17 heavy (non-hydrogen) atoms. The van der Waals surface area contributed by atoms with Crippen LogP contribution in [0.3, 0.4) is 0 Å². The molecule has 94 valence electrons. The first-order valence-corrected chi connectivity index (χ1v) is 6.34. The van der Waals surface area contributed by atoms with Crippen LogP contribution in [0.2, 0.25) is 5.02 Å². The first-order chi connectivity index (χ1) is 8.13. The summed E-state index contributed by atoms with van der Waals surface area (Å²) in [6, 6.07) is 6.65. The molecule has 0 amide bonds. The van der Waals surface area contributed by atoms with Crippen molar-refractivity contribution in [2.75, 3.05) is 25.1 Å². The second-order valence-electron chi connectivity index (χ2n) is 4.58. The monoisotopic (exact) mass is 254 g/mol. The van der Waals surface area contributed by atoms with Crippen molar-refractivity contribution < 1.29 is 4.74 Å². The van der Waals surface area contributed by atoms with Crippen LogP contribution in [0.5, 0.6) is 5.75 Å². The number of piperazine rings is 1. The summed E-state index contributed by atoms with van der Waals surface area (Å²) in [6.45, 7) is 6.39. The van der Waals surface area contributed by atoms with Gasteiger partial charge < -0.3 is 15.0 Å². The maximum absolute atomic E-state index is 6.09. The molecule has 3 nitrogen and oxygen atoms in total. The number of hydrogen-bond acceptors (Lipinski definition) is 3. The summed E-state index contributed by atoms with van der Waals surface area (Å²) in [5.74, 6) is 0.884. The van der Waals surface area contributed by atoms with E-state index in [0.29, 0.717) is 12.1 Å². The predicted octanol–water partition coefficient (Wildman–Crippen LogP) is 2.54. The molecule has 2 atom stereocenters. The Hall–Kier alpha value is -0.930. The molecule has 0 bridgehead atoms. The van der Waals surface area contributed by atoms with E-state index in [4.69, 9.17) is 16.3 Å². The standard InChI is InChI=1S/C13H19ClN2O/c1-9-7-15-8-10(2)16(9)12-6-11(14)4-5-13(12)17-3/h4-6,9-10,15H,7-8H2,1-3H3. The van der Waals surface area contributed by atoms with Gasteiger partial charge in [-0.15, -0.1) is 0 Å². The number of halogens is 1. The molecular weight excluding hydrogens is 236 g/mol. The molecule has 1 aromatic carbocycles. The average Bonchev–Trinajstić information content (AvgIpc) is 2.29. The smallest absolute Gasteiger partial charge is 0.142 e. The largest absolute Gasteiger partial charge is 0.495 e. The number of anilines is 1. The van der Waals surface area contributed by atoms with Gasteiger partial charge in [-0.05, 0) is 32.0 Å². The van der Waals surface area contributed by atoms with Crippen LogP contribution in [-0.2, 0) is 0 Å². The fourth-order valence-electron chi connectivity index (χ4n) is 2.47. The number of rotatable bonds is 2. The lowest BCUT2D eigenvalue weighted by molar-refractivity contribution is 0.396. The zero-order valence-corrected chi connectivity index (χ0v) is 11.3. The van der Waals surface area contributed by atoms with Gasteiger partial charge in [-0.25, -0.2) is 0 Å². The van der Waals surface area contributed by atoms with Crippen LogP contribution in [0.4, 0.5) is 5.69 Å². The zero-order valence-electron chi connectivity index (χ0n) is 10.5. The van der Waals surface area contributed by atoms with E-state index in [0.717, 1.165) is 29.5 Å². The zero-order chi connectivity index (χ0) is 12.4. The second kappa shape index (κ2) is 5.15. The van der Waals surface area contributed by atoms with Gasteiger partial charge in [0.1, 0.15) is 5.75 Å². The molecule has 1 heterocycles. The van der Waals surface area contributed by atoms with Crippen molar-refractivity contribution in [3.05, 3.63) is 23.2 Å². The van der Waals surface area contributed by atoms with E-state index in [1.54, 1.807) is 7.11 Å². The molecule has 1 aromatic rings. The Morgan fingerprint density at radius 3 is 2.53 bits per heavy atom. The number of ether oxygens (including phenoxy) is 1. The number of nitrogens with one attached hydrogen (secondary N) is 1. The van der Waals surface area contributed by atoms with Crippen molar-refractivity contribution in [3.8, 4) is 5.75 Å². The third-order valence-corrected chi connectivity index (χ3v) is 3.48. The van der Waals surface area contributed by atoms with Gasteiger partial charge in [-0.2, -0.15) is 0 Å². The highest BCUT2D eigenvalue weighted by Crippen LogP contribution is 2.34. The molecule has 4 heteroatoms. The Morgan fingerprint density at radius 1 is 1.29 bits per heavy atom. The summed E-state index contributed by atoms with van der Waals surface area (Å²) in [7, 11) is 1.70. The van der Waals surface area contributed by atoms with E-state index in [-0.39, 0.29) is 0 Å². The van der Waals surface area contributed by atoms with Crippen LogP contribution in [-0.4, -0.2) is 32.3 Å². The Morgan fingerprint density at radius 2 is 1.94 bits per heavy atom. The molecular formula is C13H19ClN2O. The second-order valence-corrected chi connectivity index (χ2v) is 5.02. The van der Waals surface area contributed by atoms with Gasteiger partial charge in [0.25, 0.3) is 0 Å². The summed E-state index contributed by atoms with van der Waals surface area (Å²) in [4.78, 5) is 2.38. The molecule has 1 aliphatic heterocycles. The highest BCUT2D eigenvalue weighted by atomic mass is 35.5. The fourth-order valence-corrected chi connectivity index (χ4v) is 2.64. The number of hydrogen-bond donors (Lipinski definition) is 1. The van der Waals surface area contributed by atoms with Crippen LogP contribution >= 0.6 is 11.6 Å². The topological polar surface area (TPSA) is 24.5 Å². The summed E-state index contributed by atoms with van der Waals surface area (Å²) in [6.07, 6.45) is 0. The molecule has 1 N–H and O–H groups in total. The number of nitrogens with zero attached hydrogens (tertiary/aromatic N) is 1. The Balaban J connectivity index is 2.39. The Kier molecular flexibility index (Phi) is 3.79. The van der Waals surface area contributed by atoms with E-state index < -0.39 is 0 Å². The van der Waals surface area contributed by atoms with Crippen molar-refractivity contribution >= 4 is 17.3 Å². The third kappa shape index (κ3) is 2.50. The SMILES string of the molecule is COc1ccc(Cl)cc1N1C(C)CNCC1C. The van der Waals surface area contributed by atoms with Crippen LogP contribution in [0.1, 0.15) is 13.8 Å². The minimum absolute atomic E-state index is 0.436. The molecule has 1 saturated heterocycles. The molecule has 0 aromatic heterocycles. The lowest BCUT2D eigenvalue weighted by Gasteiger charge is -2.41. The molecule has 0 radical (unpaired) electrons. The van der Waals surface area contributed by atoms with Crippen LogP contribution in [0, 0.1) is 0 Å². The minimum Gasteiger partial charge on any atom is -0.495 e. The Labute approximate surface area is 108 Å². The number of methoxy groups -OCH3 is 1. The van der Waals surface area contributed by atoms with Gasteiger partial charge >= 0.3 is 0 Å². The van der Waals surface area contributed by atoms with Gasteiger partial charge in [0.15, 0.2) is 0 Å². The molecule has 1 aliphatic rings. The van der Waals surface area contributed by atoms with Crippen molar-refractivity contribution in [2.24, 2.45) is 0 Å². The van der Waals surface area contributed by atoms with Gasteiger partial charge in [0.05, 0.1) is 12.8 Å². The summed E-state index contributed by atoms with van der Waals surface area (Å²) in [5, 5.41) is 4.17. The first kappa shape index (κ1) is 12.5. The lowest BCUT2D eigenvalue weighted by Crippen LogP contribution is -2.55. The summed E-state index contributed by atoms with van der Waals surface area (Å²) in [5.41, 5.74) is 1.08. The van der Waals surface area contributed by atoms with E-state index >= 15 is 0 Å². The summed E-state index contributed by atoms with van der Waals surface area (Å²) >= 11 is 6.09. The highest BCUT2D eigenvalue weighted by molar-refractivity contribution is 6.30. The molecule has 0 spiro atoms. The van der Waals surface area contributed by atoms with Gasteiger partial charge in [-0.1, -0.05) is 11.6 Å². The van der Waals surface area contributed by atoms with Gasteiger partial charge in [-0.3, -0.25) is 0 Å². The predicted molar refractivity (Wildman–Crippen MR) is 72.3 cm³/mol. The van der Waals surface area contributed by atoms with E-state index in [9.17, 15) is 0 Å². The highest BCUT2D eigenvalue weighted by Gasteiger charge is 2.26. The fraction of sp³-hybridized carbons (Fsp3) is 0.538. The average molecular weight is 255 g/mol. The molecule has 1 fully saturated rings. The third-order valence-electron chi connectivity index (χ3n) is 3.25. The Bertz CT molecular complexity index is 387.